The topological polar surface area (TPSA) is 32.3 Å². The first-order valence-electron chi connectivity index (χ1n) is 6.12. The van der Waals surface area contributed by atoms with Crippen molar-refractivity contribution in [1.82, 2.24) is 5.32 Å². The van der Waals surface area contributed by atoms with Crippen molar-refractivity contribution in [2.45, 2.75) is 46.1 Å². The van der Waals surface area contributed by atoms with Crippen LogP contribution >= 0.6 is 11.6 Å². The molecule has 0 aromatic heterocycles. The first kappa shape index (κ1) is 12.7. The van der Waals surface area contributed by atoms with Crippen LogP contribution in [0.25, 0.3) is 0 Å². The van der Waals surface area contributed by atoms with E-state index in [4.69, 9.17) is 11.6 Å². The molecule has 1 fully saturated rings. The smallest absolute Gasteiger partial charge is 0.124 e. The standard InChI is InChI=1S/C14H20ClNO/c1-8-9(2)13(17)11(10(3)12(8)15)14(4)6-5-7-16-14/h16-17H,5-7H2,1-4H3. The van der Waals surface area contributed by atoms with Crippen LogP contribution in [0.3, 0.4) is 0 Å². The van der Waals surface area contributed by atoms with E-state index in [1.54, 1.807) is 0 Å². The number of benzene rings is 1. The summed E-state index contributed by atoms with van der Waals surface area (Å²) in [5, 5.41) is 14.7. The van der Waals surface area contributed by atoms with Gasteiger partial charge in [0, 0.05) is 16.1 Å². The Morgan fingerprint density at radius 2 is 1.82 bits per heavy atom. The fourth-order valence-corrected chi connectivity index (χ4v) is 3.12. The van der Waals surface area contributed by atoms with Crippen molar-refractivity contribution in [2.24, 2.45) is 0 Å². The molecular weight excluding hydrogens is 234 g/mol. The summed E-state index contributed by atoms with van der Waals surface area (Å²) >= 11 is 6.36. The maximum atomic E-state index is 10.4. The summed E-state index contributed by atoms with van der Waals surface area (Å²) in [5.74, 6) is 0.404. The molecule has 0 aliphatic carbocycles. The number of hydrogen-bond acceptors (Lipinski definition) is 2. The van der Waals surface area contributed by atoms with E-state index in [1.165, 1.54) is 0 Å². The summed E-state index contributed by atoms with van der Waals surface area (Å²) in [6.07, 6.45) is 2.18. The zero-order valence-electron chi connectivity index (χ0n) is 10.9. The van der Waals surface area contributed by atoms with E-state index in [9.17, 15) is 5.11 Å². The molecule has 17 heavy (non-hydrogen) atoms. The zero-order chi connectivity index (χ0) is 12.8. The molecule has 0 radical (unpaired) electrons. The van der Waals surface area contributed by atoms with Gasteiger partial charge in [-0.2, -0.15) is 0 Å². The van der Waals surface area contributed by atoms with Crippen molar-refractivity contribution in [3.8, 4) is 5.75 Å². The van der Waals surface area contributed by atoms with Gasteiger partial charge in [-0.15, -0.1) is 0 Å². The van der Waals surface area contributed by atoms with Crippen LogP contribution in [-0.2, 0) is 5.54 Å². The Hall–Kier alpha value is -0.730. The van der Waals surface area contributed by atoms with E-state index >= 15 is 0 Å². The summed E-state index contributed by atoms with van der Waals surface area (Å²) < 4.78 is 0. The quantitative estimate of drug-likeness (QED) is 0.802. The van der Waals surface area contributed by atoms with Gasteiger partial charge in [0.05, 0.1) is 0 Å². The van der Waals surface area contributed by atoms with Crippen LogP contribution in [-0.4, -0.2) is 11.7 Å². The van der Waals surface area contributed by atoms with Gasteiger partial charge < -0.3 is 10.4 Å². The average molecular weight is 254 g/mol. The summed E-state index contributed by atoms with van der Waals surface area (Å²) in [6, 6.07) is 0. The molecule has 3 heteroatoms. The van der Waals surface area contributed by atoms with Gasteiger partial charge in [0.2, 0.25) is 0 Å². The van der Waals surface area contributed by atoms with Crippen LogP contribution in [0.5, 0.6) is 5.75 Å². The second-order valence-electron chi connectivity index (χ2n) is 5.28. The molecule has 1 unspecified atom stereocenters. The van der Waals surface area contributed by atoms with Crippen molar-refractivity contribution in [3.05, 3.63) is 27.3 Å². The van der Waals surface area contributed by atoms with E-state index < -0.39 is 0 Å². The molecule has 2 N–H and O–H groups in total. The molecule has 1 aromatic rings. The largest absolute Gasteiger partial charge is 0.507 e. The van der Waals surface area contributed by atoms with Gasteiger partial charge in [0.15, 0.2) is 0 Å². The molecule has 0 bridgehead atoms. The fourth-order valence-electron chi connectivity index (χ4n) is 2.88. The molecule has 94 valence electrons. The lowest BCUT2D eigenvalue weighted by atomic mass is 9.84. The fraction of sp³-hybridized carbons (Fsp3) is 0.571. The molecule has 1 heterocycles. The highest BCUT2D eigenvalue weighted by Gasteiger charge is 2.35. The first-order chi connectivity index (χ1) is 7.88. The predicted molar refractivity (Wildman–Crippen MR) is 71.9 cm³/mol. The molecule has 1 aliphatic rings. The number of halogens is 1. The number of aromatic hydroxyl groups is 1. The van der Waals surface area contributed by atoms with E-state index in [1.807, 2.05) is 20.8 Å². The van der Waals surface area contributed by atoms with Gasteiger partial charge in [0.1, 0.15) is 5.75 Å². The van der Waals surface area contributed by atoms with Crippen molar-refractivity contribution in [3.63, 3.8) is 0 Å². The van der Waals surface area contributed by atoms with Crippen LogP contribution < -0.4 is 5.32 Å². The molecule has 0 spiro atoms. The molecule has 1 aliphatic heterocycles. The number of rotatable bonds is 1. The Balaban J connectivity index is 2.69. The SMILES string of the molecule is Cc1c(C)c(Cl)c(C)c(C2(C)CCCN2)c1O. The van der Waals surface area contributed by atoms with Crippen LogP contribution in [0.15, 0.2) is 0 Å². The molecule has 2 rings (SSSR count). The van der Waals surface area contributed by atoms with E-state index in [-0.39, 0.29) is 5.54 Å². The minimum Gasteiger partial charge on any atom is -0.507 e. The Morgan fingerprint density at radius 3 is 2.35 bits per heavy atom. The highest BCUT2D eigenvalue weighted by atomic mass is 35.5. The van der Waals surface area contributed by atoms with Crippen LogP contribution in [0, 0.1) is 20.8 Å². The molecular formula is C14H20ClNO. The Labute approximate surface area is 108 Å². The minimum atomic E-state index is -0.143. The molecule has 2 nitrogen and oxygen atoms in total. The van der Waals surface area contributed by atoms with Crippen molar-refractivity contribution in [1.29, 1.82) is 0 Å². The second-order valence-corrected chi connectivity index (χ2v) is 5.65. The van der Waals surface area contributed by atoms with E-state index in [2.05, 4.69) is 12.2 Å². The van der Waals surface area contributed by atoms with Gasteiger partial charge >= 0.3 is 0 Å². The monoisotopic (exact) mass is 253 g/mol. The lowest BCUT2D eigenvalue weighted by molar-refractivity contribution is 0.390. The van der Waals surface area contributed by atoms with Crippen LogP contribution in [0.2, 0.25) is 5.02 Å². The third-order valence-corrected chi connectivity index (χ3v) is 4.68. The highest BCUT2D eigenvalue weighted by Crippen LogP contribution is 2.43. The molecule has 0 amide bonds. The third kappa shape index (κ3) is 1.84. The maximum Gasteiger partial charge on any atom is 0.124 e. The molecule has 1 aromatic carbocycles. The summed E-state index contributed by atoms with van der Waals surface area (Å²) in [7, 11) is 0. The predicted octanol–water partition coefficient (Wildman–Crippen LogP) is 3.57. The van der Waals surface area contributed by atoms with E-state index in [0.29, 0.717) is 5.75 Å². The first-order valence-corrected chi connectivity index (χ1v) is 6.50. The Kier molecular flexibility index (Phi) is 3.13. The second kappa shape index (κ2) is 4.18. The highest BCUT2D eigenvalue weighted by molar-refractivity contribution is 6.32. The van der Waals surface area contributed by atoms with Gasteiger partial charge in [-0.1, -0.05) is 11.6 Å². The average Bonchev–Trinajstić information content (AvgIpc) is 2.71. The summed E-state index contributed by atoms with van der Waals surface area (Å²) in [6.45, 7) is 9.03. The van der Waals surface area contributed by atoms with E-state index in [0.717, 1.165) is 46.7 Å². The Bertz CT molecular complexity index is 433. The number of phenolic OH excluding ortho intramolecular Hbond substituents is 1. The summed E-state index contributed by atoms with van der Waals surface area (Å²) in [5.41, 5.74) is 3.71. The van der Waals surface area contributed by atoms with Gasteiger partial charge in [-0.05, 0) is 63.8 Å². The maximum absolute atomic E-state index is 10.4. The minimum absolute atomic E-state index is 0.143. The molecule has 0 saturated carbocycles. The van der Waals surface area contributed by atoms with Crippen LogP contribution in [0.4, 0.5) is 0 Å². The Morgan fingerprint density at radius 1 is 1.18 bits per heavy atom. The lowest BCUT2D eigenvalue weighted by Crippen LogP contribution is -2.34. The van der Waals surface area contributed by atoms with Crippen molar-refractivity contribution < 1.29 is 5.11 Å². The van der Waals surface area contributed by atoms with Gasteiger partial charge in [-0.25, -0.2) is 0 Å². The molecule has 1 saturated heterocycles. The van der Waals surface area contributed by atoms with Crippen molar-refractivity contribution in [2.75, 3.05) is 6.54 Å². The molecule has 1 atom stereocenters. The normalized spacial score (nSPS) is 24.3. The number of phenols is 1. The third-order valence-electron chi connectivity index (χ3n) is 4.11. The number of nitrogens with one attached hydrogen (secondary N) is 1. The lowest BCUT2D eigenvalue weighted by Gasteiger charge is -2.30. The van der Waals surface area contributed by atoms with Gasteiger partial charge in [-0.3, -0.25) is 0 Å². The van der Waals surface area contributed by atoms with Crippen LogP contribution in [0.1, 0.15) is 42.0 Å². The van der Waals surface area contributed by atoms with Gasteiger partial charge in [0.25, 0.3) is 0 Å². The van der Waals surface area contributed by atoms with Crippen molar-refractivity contribution >= 4 is 11.6 Å². The zero-order valence-corrected chi connectivity index (χ0v) is 11.7. The number of hydrogen-bond donors (Lipinski definition) is 2. The summed E-state index contributed by atoms with van der Waals surface area (Å²) in [4.78, 5) is 0.